The smallest absolute Gasteiger partial charge is 0.276 e. The minimum Gasteiger partial charge on any atom is -0.452 e. The van der Waals surface area contributed by atoms with Crippen molar-refractivity contribution in [3.05, 3.63) is 18.4 Å². The van der Waals surface area contributed by atoms with Crippen LogP contribution >= 0.6 is 0 Å². The molecule has 1 aromatic rings. The Morgan fingerprint density at radius 2 is 2.21 bits per heavy atom. The average molecular weight is 225 g/mol. The second kappa shape index (κ2) is 4.05. The average Bonchev–Trinajstić information content (AvgIpc) is 2.54. The topological polar surface area (TPSA) is 50.5 Å². The highest BCUT2D eigenvalue weighted by atomic mass is 32.2. The minimum atomic E-state index is -3.90. The molecule has 0 amide bonds. The standard InChI is InChI=1S/C7H9F2NO3S/c1-10(5-6(8)9)14(11,12)7-3-2-4-13-7/h2-4,6H,5H2,1H3. The normalized spacial score (nSPS) is 12.6. The molecule has 0 radical (unpaired) electrons. The molecule has 7 heteroatoms. The van der Waals surface area contributed by atoms with Crippen LogP contribution in [0.15, 0.2) is 27.9 Å². The van der Waals surface area contributed by atoms with Crippen molar-refractivity contribution in [2.45, 2.75) is 11.5 Å². The first-order valence-electron chi connectivity index (χ1n) is 3.72. The van der Waals surface area contributed by atoms with Crippen LogP contribution in [0.25, 0.3) is 0 Å². The van der Waals surface area contributed by atoms with Gasteiger partial charge in [-0.25, -0.2) is 17.2 Å². The number of nitrogens with zero attached hydrogens (tertiary/aromatic N) is 1. The van der Waals surface area contributed by atoms with E-state index in [4.69, 9.17) is 0 Å². The summed E-state index contributed by atoms with van der Waals surface area (Å²) in [5.41, 5.74) is 0. The largest absolute Gasteiger partial charge is 0.452 e. The van der Waals surface area contributed by atoms with Crippen LogP contribution in [0.5, 0.6) is 0 Å². The van der Waals surface area contributed by atoms with Crippen molar-refractivity contribution in [3.63, 3.8) is 0 Å². The summed E-state index contributed by atoms with van der Waals surface area (Å²) in [4.78, 5) is 0. The maximum Gasteiger partial charge on any atom is 0.276 e. The summed E-state index contributed by atoms with van der Waals surface area (Å²) in [6, 6.07) is 2.58. The van der Waals surface area contributed by atoms with Crippen LogP contribution < -0.4 is 0 Å². The second-order valence-corrected chi connectivity index (χ2v) is 4.58. The lowest BCUT2D eigenvalue weighted by Gasteiger charge is -2.14. The number of halogens is 2. The number of hydrogen-bond acceptors (Lipinski definition) is 3. The van der Waals surface area contributed by atoms with Crippen molar-refractivity contribution in [2.24, 2.45) is 0 Å². The molecule has 1 rings (SSSR count). The monoisotopic (exact) mass is 225 g/mol. The number of furan rings is 1. The molecule has 0 aromatic carbocycles. The lowest BCUT2D eigenvalue weighted by atomic mass is 10.7. The van der Waals surface area contributed by atoms with Crippen LogP contribution in [-0.4, -0.2) is 32.7 Å². The number of alkyl halides is 2. The first-order valence-corrected chi connectivity index (χ1v) is 5.16. The molecule has 0 spiro atoms. The van der Waals surface area contributed by atoms with Gasteiger partial charge in [0, 0.05) is 7.05 Å². The molecule has 0 fully saturated rings. The van der Waals surface area contributed by atoms with E-state index in [1.54, 1.807) is 0 Å². The van der Waals surface area contributed by atoms with E-state index < -0.39 is 23.0 Å². The number of hydrogen-bond donors (Lipinski definition) is 0. The van der Waals surface area contributed by atoms with Gasteiger partial charge in [0.25, 0.3) is 16.4 Å². The molecule has 0 aliphatic heterocycles. The van der Waals surface area contributed by atoms with Crippen LogP contribution in [0.4, 0.5) is 8.78 Å². The quantitative estimate of drug-likeness (QED) is 0.772. The van der Waals surface area contributed by atoms with Crippen LogP contribution in [0, 0.1) is 0 Å². The lowest BCUT2D eigenvalue weighted by Crippen LogP contribution is -2.31. The van der Waals surface area contributed by atoms with Crippen molar-refractivity contribution in [1.82, 2.24) is 4.31 Å². The van der Waals surface area contributed by atoms with Gasteiger partial charge in [0.15, 0.2) is 0 Å². The summed E-state index contributed by atoms with van der Waals surface area (Å²) in [5.74, 6) is 0. The molecule has 0 N–H and O–H groups in total. The Labute approximate surface area is 80.2 Å². The molecule has 0 unspecified atom stereocenters. The van der Waals surface area contributed by atoms with Crippen molar-refractivity contribution in [1.29, 1.82) is 0 Å². The predicted octanol–water partition coefficient (Wildman–Crippen LogP) is 1.17. The third-order valence-corrected chi connectivity index (χ3v) is 3.27. The van der Waals surface area contributed by atoms with Crippen LogP contribution in [0.2, 0.25) is 0 Å². The fourth-order valence-electron chi connectivity index (χ4n) is 0.856. The summed E-state index contributed by atoms with van der Waals surface area (Å²) in [6.45, 7) is -0.844. The van der Waals surface area contributed by atoms with Gasteiger partial charge >= 0.3 is 0 Å². The van der Waals surface area contributed by atoms with E-state index in [1.165, 1.54) is 18.4 Å². The third-order valence-electron chi connectivity index (χ3n) is 1.55. The molecule has 1 heterocycles. The van der Waals surface area contributed by atoms with E-state index in [1.807, 2.05) is 0 Å². The molecule has 0 saturated heterocycles. The Balaban J connectivity index is 2.86. The van der Waals surface area contributed by atoms with E-state index in [0.29, 0.717) is 4.31 Å². The van der Waals surface area contributed by atoms with Crippen LogP contribution in [0.3, 0.4) is 0 Å². The second-order valence-electron chi connectivity index (χ2n) is 2.61. The van der Waals surface area contributed by atoms with Gasteiger partial charge in [-0.15, -0.1) is 0 Å². The maximum atomic E-state index is 11.9. The van der Waals surface area contributed by atoms with Gasteiger partial charge in [-0.05, 0) is 12.1 Å². The van der Waals surface area contributed by atoms with Crippen molar-refractivity contribution in [2.75, 3.05) is 13.6 Å². The first-order chi connectivity index (χ1) is 6.44. The Morgan fingerprint density at radius 1 is 1.57 bits per heavy atom. The first kappa shape index (κ1) is 11.1. The van der Waals surface area contributed by atoms with Crippen LogP contribution in [-0.2, 0) is 10.0 Å². The summed E-state index contributed by atoms with van der Waals surface area (Å²) < 4.78 is 51.9. The van der Waals surface area contributed by atoms with E-state index in [9.17, 15) is 17.2 Å². The van der Waals surface area contributed by atoms with E-state index >= 15 is 0 Å². The highest BCUT2D eigenvalue weighted by Crippen LogP contribution is 2.15. The molecule has 4 nitrogen and oxygen atoms in total. The molecule has 1 aromatic heterocycles. The zero-order valence-corrected chi connectivity index (χ0v) is 8.17. The molecule has 0 saturated carbocycles. The lowest BCUT2D eigenvalue weighted by molar-refractivity contribution is 0.126. The van der Waals surface area contributed by atoms with Crippen molar-refractivity contribution < 1.29 is 21.6 Å². The molecule has 14 heavy (non-hydrogen) atoms. The Bertz CT molecular complexity index is 374. The third kappa shape index (κ3) is 2.30. The zero-order chi connectivity index (χ0) is 10.8. The number of rotatable bonds is 4. The van der Waals surface area contributed by atoms with Gasteiger partial charge in [-0.1, -0.05) is 0 Å². The minimum absolute atomic E-state index is 0.333. The van der Waals surface area contributed by atoms with Gasteiger partial charge in [0.05, 0.1) is 12.8 Å². The Morgan fingerprint density at radius 3 is 2.64 bits per heavy atom. The van der Waals surface area contributed by atoms with Gasteiger partial charge in [-0.3, -0.25) is 0 Å². The van der Waals surface area contributed by atoms with E-state index in [0.717, 1.165) is 7.05 Å². The molecule has 0 atom stereocenters. The van der Waals surface area contributed by atoms with Gasteiger partial charge in [0.1, 0.15) is 0 Å². The van der Waals surface area contributed by atoms with Crippen molar-refractivity contribution >= 4 is 10.0 Å². The van der Waals surface area contributed by atoms with E-state index in [2.05, 4.69) is 4.42 Å². The maximum absolute atomic E-state index is 11.9. The van der Waals surface area contributed by atoms with E-state index in [-0.39, 0.29) is 5.09 Å². The summed E-state index contributed by atoms with van der Waals surface area (Å²) in [6.07, 6.45) is -1.53. The molecular formula is C7H9F2NO3S. The summed E-state index contributed by atoms with van der Waals surface area (Å²) in [7, 11) is -2.83. The predicted molar refractivity (Wildman–Crippen MR) is 44.5 cm³/mol. The van der Waals surface area contributed by atoms with Gasteiger partial charge < -0.3 is 4.42 Å². The molecule has 0 bridgehead atoms. The van der Waals surface area contributed by atoms with Crippen LogP contribution in [0.1, 0.15) is 0 Å². The number of sulfonamides is 1. The highest BCUT2D eigenvalue weighted by molar-refractivity contribution is 7.89. The molecule has 0 aliphatic rings. The summed E-state index contributed by atoms with van der Waals surface area (Å²) in [5, 5.41) is -0.333. The van der Waals surface area contributed by atoms with Gasteiger partial charge in [0.2, 0.25) is 5.09 Å². The molecule has 80 valence electrons. The fourth-order valence-corrected chi connectivity index (χ4v) is 1.90. The van der Waals surface area contributed by atoms with Crippen molar-refractivity contribution in [3.8, 4) is 0 Å². The fraction of sp³-hybridized carbons (Fsp3) is 0.429. The Kier molecular flexibility index (Phi) is 3.22. The Hall–Kier alpha value is -0.950. The highest BCUT2D eigenvalue weighted by Gasteiger charge is 2.25. The molecule has 0 aliphatic carbocycles. The summed E-state index contributed by atoms with van der Waals surface area (Å²) >= 11 is 0. The van der Waals surface area contributed by atoms with Gasteiger partial charge in [-0.2, -0.15) is 4.31 Å². The zero-order valence-electron chi connectivity index (χ0n) is 7.35. The SMILES string of the molecule is CN(CC(F)F)S(=O)(=O)c1ccco1. The molecular weight excluding hydrogens is 216 g/mol.